The van der Waals surface area contributed by atoms with Crippen molar-refractivity contribution in [3.63, 3.8) is 0 Å². The van der Waals surface area contributed by atoms with Crippen molar-refractivity contribution in [2.75, 3.05) is 4.31 Å². The van der Waals surface area contributed by atoms with Gasteiger partial charge in [0.25, 0.3) is 10.0 Å². The lowest BCUT2D eigenvalue weighted by Crippen LogP contribution is -2.30. The molecule has 0 radical (unpaired) electrons. The fourth-order valence-electron chi connectivity index (χ4n) is 2.47. The van der Waals surface area contributed by atoms with Gasteiger partial charge >= 0.3 is 0 Å². The molecule has 0 fully saturated rings. The topological polar surface area (TPSA) is 37.4 Å². The van der Waals surface area contributed by atoms with E-state index in [0.717, 1.165) is 5.56 Å². The molecule has 3 aromatic rings. The quantitative estimate of drug-likeness (QED) is 0.584. The zero-order chi connectivity index (χ0) is 17.9. The van der Waals surface area contributed by atoms with E-state index in [-0.39, 0.29) is 11.4 Å². The van der Waals surface area contributed by atoms with Crippen molar-refractivity contribution in [2.45, 2.75) is 11.4 Å². The summed E-state index contributed by atoms with van der Waals surface area (Å²) in [5.74, 6) is 0. The second-order valence-electron chi connectivity index (χ2n) is 5.43. The highest BCUT2D eigenvalue weighted by molar-refractivity contribution is 7.92. The van der Waals surface area contributed by atoms with Gasteiger partial charge in [0.05, 0.1) is 17.1 Å². The maximum Gasteiger partial charge on any atom is 0.264 e. The highest BCUT2D eigenvalue weighted by atomic mass is 35.5. The average Bonchev–Trinajstić information content (AvgIpc) is 2.60. The van der Waals surface area contributed by atoms with Gasteiger partial charge in [0, 0.05) is 10.0 Å². The third-order valence-electron chi connectivity index (χ3n) is 3.64. The molecule has 128 valence electrons. The molecule has 3 nitrogen and oxygen atoms in total. The molecule has 0 saturated heterocycles. The second kappa shape index (κ2) is 7.48. The molecule has 0 aliphatic rings. The van der Waals surface area contributed by atoms with Crippen LogP contribution in [0.15, 0.2) is 83.8 Å². The van der Waals surface area contributed by atoms with Gasteiger partial charge in [-0.05, 0) is 48.0 Å². The van der Waals surface area contributed by atoms with Gasteiger partial charge in [-0.1, -0.05) is 59.6 Å². The Kier molecular flexibility index (Phi) is 5.33. The van der Waals surface area contributed by atoms with Gasteiger partial charge in [-0.15, -0.1) is 0 Å². The average molecular weight is 392 g/mol. The number of anilines is 1. The fraction of sp³-hybridized carbons (Fsp3) is 0.0526. The minimum atomic E-state index is -3.75. The first-order valence-electron chi connectivity index (χ1n) is 7.54. The fourth-order valence-corrected chi connectivity index (χ4v) is 4.33. The summed E-state index contributed by atoms with van der Waals surface area (Å²) in [6.07, 6.45) is 0. The Labute approximate surface area is 157 Å². The summed E-state index contributed by atoms with van der Waals surface area (Å²) in [6, 6.07) is 22.2. The third kappa shape index (κ3) is 4.15. The van der Waals surface area contributed by atoms with E-state index < -0.39 is 10.0 Å². The zero-order valence-corrected chi connectivity index (χ0v) is 15.5. The van der Waals surface area contributed by atoms with Crippen molar-refractivity contribution in [1.29, 1.82) is 0 Å². The molecule has 0 aliphatic heterocycles. The minimum Gasteiger partial charge on any atom is -0.262 e. The van der Waals surface area contributed by atoms with Crippen LogP contribution in [0.4, 0.5) is 5.69 Å². The minimum absolute atomic E-state index is 0.151. The van der Waals surface area contributed by atoms with Gasteiger partial charge in [0.1, 0.15) is 0 Å². The maximum atomic E-state index is 13.2. The van der Waals surface area contributed by atoms with E-state index in [2.05, 4.69) is 0 Å². The number of sulfonamides is 1. The summed E-state index contributed by atoms with van der Waals surface area (Å²) in [5.41, 5.74) is 1.28. The number of hydrogen-bond donors (Lipinski definition) is 0. The summed E-state index contributed by atoms with van der Waals surface area (Å²) in [5, 5.41) is 1.03. The summed E-state index contributed by atoms with van der Waals surface area (Å²) in [6.45, 7) is 0.151. The van der Waals surface area contributed by atoms with Gasteiger partial charge in [-0.25, -0.2) is 8.42 Å². The number of halogens is 2. The predicted molar refractivity (Wildman–Crippen MR) is 103 cm³/mol. The molecule has 0 atom stereocenters. The van der Waals surface area contributed by atoms with Gasteiger partial charge in [0.2, 0.25) is 0 Å². The monoisotopic (exact) mass is 391 g/mol. The molecule has 0 aromatic heterocycles. The van der Waals surface area contributed by atoms with Crippen LogP contribution in [-0.2, 0) is 16.6 Å². The van der Waals surface area contributed by atoms with E-state index in [1.54, 1.807) is 72.8 Å². The first-order valence-corrected chi connectivity index (χ1v) is 9.74. The smallest absolute Gasteiger partial charge is 0.262 e. The van der Waals surface area contributed by atoms with E-state index in [0.29, 0.717) is 15.7 Å². The zero-order valence-electron chi connectivity index (χ0n) is 13.1. The third-order valence-corrected chi connectivity index (χ3v) is 5.90. The van der Waals surface area contributed by atoms with Crippen molar-refractivity contribution < 1.29 is 8.42 Å². The van der Waals surface area contributed by atoms with Crippen molar-refractivity contribution in [3.8, 4) is 0 Å². The van der Waals surface area contributed by atoms with Gasteiger partial charge in [0.15, 0.2) is 0 Å². The van der Waals surface area contributed by atoms with Gasteiger partial charge in [-0.2, -0.15) is 0 Å². The lowest BCUT2D eigenvalue weighted by Gasteiger charge is -2.25. The Morgan fingerprint density at radius 3 is 2.04 bits per heavy atom. The predicted octanol–water partition coefficient (Wildman–Crippen LogP) is 5.39. The molecule has 0 N–H and O–H groups in total. The number of rotatable bonds is 5. The van der Waals surface area contributed by atoms with Crippen LogP contribution in [0.2, 0.25) is 10.0 Å². The summed E-state index contributed by atoms with van der Waals surface area (Å²) in [4.78, 5) is 0.219. The van der Waals surface area contributed by atoms with E-state index in [1.807, 2.05) is 6.07 Å². The lowest BCUT2D eigenvalue weighted by molar-refractivity contribution is 0.590. The van der Waals surface area contributed by atoms with E-state index in [9.17, 15) is 8.42 Å². The molecule has 0 amide bonds. The van der Waals surface area contributed by atoms with Crippen molar-refractivity contribution in [3.05, 3.63) is 94.5 Å². The maximum absolute atomic E-state index is 13.2. The van der Waals surface area contributed by atoms with Crippen LogP contribution in [0.3, 0.4) is 0 Å². The summed E-state index contributed by atoms with van der Waals surface area (Å²) < 4.78 is 27.7. The van der Waals surface area contributed by atoms with Crippen LogP contribution in [0, 0.1) is 0 Å². The lowest BCUT2D eigenvalue weighted by atomic mass is 10.2. The second-order valence-corrected chi connectivity index (χ2v) is 8.17. The highest BCUT2D eigenvalue weighted by Gasteiger charge is 2.25. The molecule has 0 unspecified atom stereocenters. The summed E-state index contributed by atoms with van der Waals surface area (Å²) >= 11 is 12.1. The Balaban J connectivity index is 2.09. The molecule has 3 aromatic carbocycles. The van der Waals surface area contributed by atoms with Crippen molar-refractivity contribution in [2.24, 2.45) is 0 Å². The van der Waals surface area contributed by atoms with Crippen LogP contribution in [0.1, 0.15) is 5.56 Å². The first kappa shape index (κ1) is 17.8. The summed E-state index contributed by atoms with van der Waals surface area (Å²) in [7, 11) is -3.75. The van der Waals surface area contributed by atoms with Crippen LogP contribution >= 0.6 is 23.2 Å². The molecule has 0 heterocycles. The van der Waals surface area contributed by atoms with E-state index in [4.69, 9.17) is 23.2 Å². The molecular formula is C19H15Cl2NO2S. The SMILES string of the molecule is O=S(=O)(c1ccccc1)N(Cc1cccc(Cl)c1)c1cccc(Cl)c1. The Hall–Kier alpha value is -2.01. The van der Waals surface area contributed by atoms with Crippen molar-refractivity contribution >= 4 is 38.9 Å². The molecule has 0 bridgehead atoms. The molecule has 0 spiro atoms. The van der Waals surface area contributed by atoms with E-state index in [1.165, 1.54) is 4.31 Å². The molecule has 3 rings (SSSR count). The number of hydrogen-bond acceptors (Lipinski definition) is 2. The Morgan fingerprint density at radius 1 is 0.760 bits per heavy atom. The van der Waals surface area contributed by atoms with Gasteiger partial charge < -0.3 is 0 Å². The van der Waals surface area contributed by atoms with E-state index >= 15 is 0 Å². The van der Waals surface area contributed by atoms with Crippen molar-refractivity contribution in [1.82, 2.24) is 0 Å². The Morgan fingerprint density at radius 2 is 1.40 bits per heavy atom. The number of nitrogens with zero attached hydrogens (tertiary/aromatic N) is 1. The number of benzene rings is 3. The van der Waals surface area contributed by atoms with Crippen LogP contribution < -0.4 is 4.31 Å². The molecule has 6 heteroatoms. The van der Waals surface area contributed by atoms with Crippen LogP contribution in [0.25, 0.3) is 0 Å². The molecule has 0 saturated carbocycles. The van der Waals surface area contributed by atoms with Crippen LogP contribution in [-0.4, -0.2) is 8.42 Å². The molecular weight excluding hydrogens is 377 g/mol. The first-order chi connectivity index (χ1) is 12.0. The standard InChI is InChI=1S/C19H15Cl2NO2S/c20-16-7-4-6-15(12-16)14-22(18-9-5-8-17(21)13-18)25(23,24)19-10-2-1-3-11-19/h1-13H,14H2. The Bertz CT molecular complexity index is 975. The van der Waals surface area contributed by atoms with Crippen LogP contribution in [0.5, 0.6) is 0 Å². The largest absolute Gasteiger partial charge is 0.264 e. The van der Waals surface area contributed by atoms with Gasteiger partial charge in [-0.3, -0.25) is 4.31 Å². The molecule has 0 aliphatic carbocycles. The highest BCUT2D eigenvalue weighted by Crippen LogP contribution is 2.28. The normalized spacial score (nSPS) is 11.3. The molecule has 25 heavy (non-hydrogen) atoms.